The fraction of sp³-hybridized carbons (Fsp3) is 0.133. The molecule has 0 atom stereocenters. The Morgan fingerprint density at radius 1 is 1.08 bits per heavy atom. The molecule has 24 heavy (non-hydrogen) atoms. The summed E-state index contributed by atoms with van der Waals surface area (Å²) in [6.07, 6.45) is 0. The summed E-state index contributed by atoms with van der Waals surface area (Å²) in [6.45, 7) is 0. The molecule has 1 heterocycles. The molecule has 3 rings (SSSR count). The molecule has 0 aliphatic rings. The quantitative estimate of drug-likeness (QED) is 0.683. The highest BCUT2D eigenvalue weighted by Gasteiger charge is 2.26. The van der Waals surface area contributed by atoms with Gasteiger partial charge < -0.3 is 20.2 Å². The van der Waals surface area contributed by atoms with Gasteiger partial charge in [0.05, 0.1) is 25.3 Å². The second-order valence-electron chi connectivity index (χ2n) is 4.99. The minimum Gasteiger partial charge on any atom is -0.497 e. The zero-order chi connectivity index (χ0) is 17.5. The van der Waals surface area contributed by atoms with Gasteiger partial charge >= 0.3 is 5.69 Å². The number of imidazole rings is 1. The molecule has 0 unspecified atom stereocenters. The van der Waals surface area contributed by atoms with Gasteiger partial charge in [0.2, 0.25) is 0 Å². The van der Waals surface area contributed by atoms with Crippen molar-refractivity contribution in [3.05, 3.63) is 46.9 Å². The SMILES string of the molecule is COc1ccc(S(=O)(=O)n2c(=O)[nH]c3ccc(N)cc32)c(OC)c1. The number of anilines is 1. The maximum Gasteiger partial charge on any atom is 0.340 e. The molecule has 0 fully saturated rings. The number of nitrogens with two attached hydrogens (primary N) is 1. The predicted octanol–water partition coefficient (Wildman–Crippen LogP) is 1.17. The highest BCUT2D eigenvalue weighted by Crippen LogP contribution is 2.30. The monoisotopic (exact) mass is 349 g/mol. The number of aromatic nitrogens is 2. The van der Waals surface area contributed by atoms with Crippen molar-refractivity contribution in [2.24, 2.45) is 0 Å². The lowest BCUT2D eigenvalue weighted by molar-refractivity contribution is 0.386. The normalized spacial score (nSPS) is 11.6. The van der Waals surface area contributed by atoms with E-state index in [4.69, 9.17) is 15.2 Å². The van der Waals surface area contributed by atoms with Crippen LogP contribution in [0.25, 0.3) is 11.0 Å². The molecule has 0 aliphatic heterocycles. The third kappa shape index (κ3) is 2.38. The lowest BCUT2D eigenvalue weighted by Crippen LogP contribution is -2.25. The topological polar surface area (TPSA) is 116 Å². The maximum atomic E-state index is 13.0. The molecule has 0 aliphatic carbocycles. The van der Waals surface area contributed by atoms with E-state index in [1.54, 1.807) is 12.1 Å². The van der Waals surface area contributed by atoms with Crippen molar-refractivity contribution in [2.75, 3.05) is 20.0 Å². The van der Waals surface area contributed by atoms with Gasteiger partial charge in [-0.15, -0.1) is 0 Å². The molecule has 0 saturated heterocycles. The average Bonchev–Trinajstić information content (AvgIpc) is 2.89. The molecular weight excluding hydrogens is 334 g/mol. The Labute approximate surface area is 137 Å². The maximum absolute atomic E-state index is 13.0. The number of benzene rings is 2. The molecule has 2 aromatic carbocycles. The first-order chi connectivity index (χ1) is 11.4. The minimum atomic E-state index is -4.20. The highest BCUT2D eigenvalue weighted by atomic mass is 32.2. The molecule has 8 nitrogen and oxygen atoms in total. The Bertz CT molecular complexity index is 1080. The number of hydrogen-bond donors (Lipinski definition) is 2. The summed E-state index contributed by atoms with van der Waals surface area (Å²) in [5, 5.41) is 0. The first-order valence-corrected chi connectivity index (χ1v) is 8.30. The van der Waals surface area contributed by atoms with Gasteiger partial charge in [-0.1, -0.05) is 0 Å². The number of nitrogen functional groups attached to an aromatic ring is 1. The van der Waals surface area contributed by atoms with Crippen LogP contribution in [0.3, 0.4) is 0 Å². The lowest BCUT2D eigenvalue weighted by Gasteiger charge is -2.11. The van der Waals surface area contributed by atoms with E-state index >= 15 is 0 Å². The first-order valence-electron chi connectivity index (χ1n) is 6.86. The summed E-state index contributed by atoms with van der Waals surface area (Å²) < 4.78 is 36.9. The number of nitrogens with one attached hydrogen (secondary N) is 1. The van der Waals surface area contributed by atoms with Crippen LogP contribution in [0.15, 0.2) is 46.1 Å². The Kier molecular flexibility index (Phi) is 3.72. The number of methoxy groups -OCH3 is 2. The van der Waals surface area contributed by atoms with Crippen molar-refractivity contribution < 1.29 is 17.9 Å². The van der Waals surface area contributed by atoms with Crippen LogP contribution in [0.1, 0.15) is 0 Å². The summed E-state index contributed by atoms with van der Waals surface area (Å²) in [7, 11) is -1.41. The lowest BCUT2D eigenvalue weighted by atomic mass is 10.3. The summed E-state index contributed by atoms with van der Waals surface area (Å²) in [5.74, 6) is 0.501. The van der Waals surface area contributed by atoms with Gasteiger partial charge in [0.15, 0.2) is 0 Å². The van der Waals surface area contributed by atoms with Gasteiger partial charge in [-0.25, -0.2) is 13.2 Å². The fourth-order valence-electron chi connectivity index (χ4n) is 2.42. The van der Waals surface area contributed by atoms with Crippen LogP contribution >= 0.6 is 0 Å². The molecule has 0 spiro atoms. The summed E-state index contributed by atoms with van der Waals surface area (Å²) in [5.41, 5.74) is 5.80. The molecular formula is C15H15N3O5S. The van der Waals surface area contributed by atoms with Crippen molar-refractivity contribution >= 4 is 26.7 Å². The van der Waals surface area contributed by atoms with Crippen molar-refractivity contribution in [3.63, 3.8) is 0 Å². The second-order valence-corrected chi connectivity index (χ2v) is 6.75. The molecule has 126 valence electrons. The summed E-state index contributed by atoms with van der Waals surface area (Å²) >= 11 is 0. The number of ether oxygens (including phenoxy) is 2. The number of nitrogens with zero attached hydrogens (tertiary/aromatic N) is 1. The Morgan fingerprint density at radius 3 is 2.50 bits per heavy atom. The third-order valence-electron chi connectivity index (χ3n) is 3.56. The minimum absolute atomic E-state index is 0.0690. The highest BCUT2D eigenvalue weighted by molar-refractivity contribution is 7.90. The van der Waals surface area contributed by atoms with Gasteiger partial charge in [0.1, 0.15) is 16.4 Å². The van der Waals surface area contributed by atoms with Crippen LogP contribution < -0.4 is 20.9 Å². The Hall–Kier alpha value is -2.94. The largest absolute Gasteiger partial charge is 0.497 e. The molecule has 9 heteroatoms. The van der Waals surface area contributed by atoms with Gasteiger partial charge in [0, 0.05) is 11.8 Å². The summed E-state index contributed by atoms with van der Waals surface area (Å²) in [4.78, 5) is 14.6. The van der Waals surface area contributed by atoms with E-state index in [1.807, 2.05) is 0 Å². The van der Waals surface area contributed by atoms with E-state index in [1.165, 1.54) is 38.5 Å². The molecule has 3 aromatic rings. The zero-order valence-corrected chi connectivity index (χ0v) is 13.8. The molecule has 0 radical (unpaired) electrons. The van der Waals surface area contributed by atoms with Crippen LogP contribution in [-0.4, -0.2) is 31.6 Å². The molecule has 3 N–H and O–H groups in total. The van der Waals surface area contributed by atoms with Crippen molar-refractivity contribution in [3.8, 4) is 11.5 Å². The molecule has 1 aromatic heterocycles. The van der Waals surface area contributed by atoms with E-state index in [0.717, 1.165) is 0 Å². The van der Waals surface area contributed by atoms with E-state index in [2.05, 4.69) is 4.98 Å². The van der Waals surface area contributed by atoms with Crippen molar-refractivity contribution in [1.29, 1.82) is 0 Å². The van der Waals surface area contributed by atoms with Crippen molar-refractivity contribution in [2.45, 2.75) is 4.90 Å². The smallest absolute Gasteiger partial charge is 0.340 e. The zero-order valence-electron chi connectivity index (χ0n) is 12.9. The van der Waals surface area contributed by atoms with Gasteiger partial charge in [-0.3, -0.25) is 0 Å². The van der Waals surface area contributed by atoms with E-state index in [0.29, 0.717) is 20.9 Å². The Balaban J connectivity index is 2.32. The molecule has 0 saturated carbocycles. The third-order valence-corrected chi connectivity index (χ3v) is 5.29. The number of rotatable bonds is 4. The van der Waals surface area contributed by atoms with Gasteiger partial charge in [-0.05, 0) is 30.3 Å². The van der Waals surface area contributed by atoms with Crippen LogP contribution in [0.2, 0.25) is 0 Å². The van der Waals surface area contributed by atoms with Crippen LogP contribution in [0.4, 0.5) is 5.69 Å². The summed E-state index contributed by atoms with van der Waals surface area (Å²) in [6, 6.07) is 8.77. The average molecular weight is 349 g/mol. The standard InChI is InChI=1S/C15H15N3O5S/c1-22-10-4-6-14(13(8-10)23-2)24(20,21)18-12-7-9(16)3-5-11(12)17-15(18)19/h3-8H,16H2,1-2H3,(H,17,19). The molecule has 0 bridgehead atoms. The number of H-pyrrole nitrogens is 1. The van der Waals surface area contributed by atoms with Crippen LogP contribution in [-0.2, 0) is 10.0 Å². The van der Waals surface area contributed by atoms with Gasteiger partial charge in [0.25, 0.3) is 10.0 Å². The van der Waals surface area contributed by atoms with E-state index in [9.17, 15) is 13.2 Å². The Morgan fingerprint density at radius 2 is 1.83 bits per heavy atom. The number of fused-ring (bicyclic) bond motifs is 1. The fourth-order valence-corrected chi connectivity index (χ4v) is 3.93. The first kappa shape index (κ1) is 15.9. The van der Waals surface area contributed by atoms with Crippen LogP contribution in [0, 0.1) is 0 Å². The number of hydrogen-bond acceptors (Lipinski definition) is 6. The predicted molar refractivity (Wildman–Crippen MR) is 89.1 cm³/mol. The van der Waals surface area contributed by atoms with E-state index < -0.39 is 15.7 Å². The molecule has 0 amide bonds. The number of aromatic amines is 1. The van der Waals surface area contributed by atoms with E-state index in [-0.39, 0.29) is 16.2 Å². The van der Waals surface area contributed by atoms with Crippen molar-refractivity contribution in [1.82, 2.24) is 8.96 Å². The van der Waals surface area contributed by atoms with Crippen LogP contribution in [0.5, 0.6) is 11.5 Å². The van der Waals surface area contributed by atoms with Gasteiger partial charge in [-0.2, -0.15) is 3.97 Å². The second kappa shape index (κ2) is 5.60.